The second-order valence-electron chi connectivity index (χ2n) is 8.43. The summed E-state index contributed by atoms with van der Waals surface area (Å²) in [5, 5.41) is 49.7. The fourth-order valence-corrected chi connectivity index (χ4v) is 3.82. The molecule has 0 amide bonds. The van der Waals surface area contributed by atoms with E-state index in [1.165, 1.54) is 37.5 Å². The van der Waals surface area contributed by atoms with Crippen molar-refractivity contribution >= 4 is 0 Å². The van der Waals surface area contributed by atoms with Crippen LogP contribution in [0.5, 0.6) is 11.5 Å². The first-order valence-corrected chi connectivity index (χ1v) is 10.8. The van der Waals surface area contributed by atoms with E-state index in [1.807, 2.05) is 0 Å². The van der Waals surface area contributed by atoms with Gasteiger partial charge in [-0.2, -0.15) is 0 Å². The Morgan fingerprint density at radius 3 is 1.75 bits per heavy atom. The van der Waals surface area contributed by atoms with Gasteiger partial charge in [0.15, 0.2) is 0 Å². The lowest BCUT2D eigenvalue weighted by Gasteiger charge is -2.29. The van der Waals surface area contributed by atoms with E-state index in [1.54, 1.807) is 0 Å². The number of rotatable bonds is 15. The lowest BCUT2D eigenvalue weighted by molar-refractivity contribution is -0.00464. The van der Waals surface area contributed by atoms with Crippen LogP contribution in [0, 0.1) is 11.8 Å². The first kappa shape index (κ1) is 24.7. The Bertz CT molecular complexity index is 511. The summed E-state index contributed by atoms with van der Waals surface area (Å²) in [6.45, 7) is 4.40. The van der Waals surface area contributed by atoms with E-state index >= 15 is 0 Å². The zero-order chi connectivity index (χ0) is 20.9. The van der Waals surface area contributed by atoms with Gasteiger partial charge in [-0.3, -0.25) is 0 Å². The van der Waals surface area contributed by atoms with E-state index in [0.29, 0.717) is 24.3 Å². The second kappa shape index (κ2) is 13.8. The molecule has 1 rings (SSSR count). The van der Waals surface area contributed by atoms with E-state index < -0.39 is 12.2 Å². The molecule has 3 atom stereocenters. The molecule has 0 fully saturated rings. The standard InChI is InChI=1S/C23H40O5/c1-17(2)13-21(23(28)18-14-19(25)16-20(26)15-18)22(27)11-9-7-5-3-4-6-8-10-12-24/h14-17,21-28H,3-13H2,1-2H3/t21-,22+,23-/m0/s1. The molecule has 0 spiro atoms. The molecule has 28 heavy (non-hydrogen) atoms. The van der Waals surface area contributed by atoms with Crippen LogP contribution < -0.4 is 0 Å². The highest BCUT2D eigenvalue weighted by atomic mass is 16.3. The van der Waals surface area contributed by atoms with Gasteiger partial charge >= 0.3 is 0 Å². The number of aromatic hydroxyl groups is 2. The third kappa shape index (κ3) is 9.76. The molecule has 0 saturated carbocycles. The van der Waals surface area contributed by atoms with Crippen molar-refractivity contribution in [2.45, 2.75) is 90.3 Å². The minimum Gasteiger partial charge on any atom is -0.508 e. The first-order valence-electron chi connectivity index (χ1n) is 10.8. The first-order chi connectivity index (χ1) is 13.3. The van der Waals surface area contributed by atoms with Crippen LogP contribution in [0.15, 0.2) is 18.2 Å². The lowest BCUT2D eigenvalue weighted by Crippen LogP contribution is -2.28. The van der Waals surface area contributed by atoms with Crippen molar-refractivity contribution in [3.05, 3.63) is 23.8 Å². The summed E-state index contributed by atoms with van der Waals surface area (Å²) in [7, 11) is 0. The largest absolute Gasteiger partial charge is 0.508 e. The number of unbranched alkanes of at least 4 members (excludes halogenated alkanes) is 7. The monoisotopic (exact) mass is 396 g/mol. The number of hydrogen-bond donors (Lipinski definition) is 5. The summed E-state index contributed by atoms with van der Waals surface area (Å²) in [5.41, 5.74) is 0.435. The molecular formula is C23H40O5. The van der Waals surface area contributed by atoms with Crippen molar-refractivity contribution in [1.29, 1.82) is 0 Å². The van der Waals surface area contributed by atoms with Crippen LogP contribution in [0.25, 0.3) is 0 Å². The average molecular weight is 397 g/mol. The topological polar surface area (TPSA) is 101 Å². The van der Waals surface area contributed by atoms with Crippen molar-refractivity contribution in [3.63, 3.8) is 0 Å². The Labute approximate surface area is 170 Å². The van der Waals surface area contributed by atoms with Gasteiger partial charge in [0.2, 0.25) is 0 Å². The van der Waals surface area contributed by atoms with Gasteiger partial charge in [-0.15, -0.1) is 0 Å². The van der Waals surface area contributed by atoms with Crippen LogP contribution >= 0.6 is 0 Å². The fraction of sp³-hybridized carbons (Fsp3) is 0.739. The fourth-order valence-electron chi connectivity index (χ4n) is 3.82. The van der Waals surface area contributed by atoms with Crippen molar-refractivity contribution in [2.24, 2.45) is 11.8 Å². The minimum absolute atomic E-state index is 0.0918. The van der Waals surface area contributed by atoms with Gasteiger partial charge in [0.25, 0.3) is 0 Å². The van der Waals surface area contributed by atoms with Crippen molar-refractivity contribution < 1.29 is 25.5 Å². The number of aliphatic hydroxyl groups is 3. The molecule has 0 aliphatic heterocycles. The Morgan fingerprint density at radius 2 is 1.25 bits per heavy atom. The number of hydrogen-bond acceptors (Lipinski definition) is 5. The molecule has 0 bridgehead atoms. The molecule has 162 valence electrons. The van der Waals surface area contributed by atoms with E-state index in [4.69, 9.17) is 5.11 Å². The number of aliphatic hydroxyl groups excluding tert-OH is 3. The molecule has 5 heteroatoms. The average Bonchev–Trinajstić information content (AvgIpc) is 2.63. The van der Waals surface area contributed by atoms with Gasteiger partial charge in [-0.1, -0.05) is 58.8 Å². The highest BCUT2D eigenvalue weighted by Gasteiger charge is 2.29. The minimum atomic E-state index is -0.929. The summed E-state index contributed by atoms with van der Waals surface area (Å²) in [6, 6.07) is 4.12. The summed E-state index contributed by atoms with van der Waals surface area (Å²) < 4.78 is 0. The molecule has 0 aromatic heterocycles. The summed E-state index contributed by atoms with van der Waals surface area (Å²) in [6.07, 6.45) is 8.42. The zero-order valence-corrected chi connectivity index (χ0v) is 17.6. The van der Waals surface area contributed by atoms with E-state index in [2.05, 4.69) is 13.8 Å². The molecule has 5 N–H and O–H groups in total. The lowest BCUT2D eigenvalue weighted by atomic mass is 9.82. The van der Waals surface area contributed by atoms with E-state index in [-0.39, 0.29) is 24.0 Å². The van der Waals surface area contributed by atoms with Gasteiger partial charge in [-0.25, -0.2) is 0 Å². The predicted octanol–water partition coefficient (Wildman–Crippen LogP) is 4.66. The molecule has 0 unspecified atom stereocenters. The van der Waals surface area contributed by atoms with Crippen LogP contribution in [0.3, 0.4) is 0 Å². The van der Waals surface area contributed by atoms with E-state index in [0.717, 1.165) is 32.1 Å². The Morgan fingerprint density at radius 1 is 0.750 bits per heavy atom. The van der Waals surface area contributed by atoms with E-state index in [9.17, 15) is 20.4 Å². The molecule has 0 saturated heterocycles. The smallest absolute Gasteiger partial charge is 0.119 e. The Kier molecular flexibility index (Phi) is 12.2. The molecule has 0 heterocycles. The molecule has 0 aliphatic carbocycles. The Hall–Kier alpha value is -1.30. The van der Waals surface area contributed by atoms with Gasteiger partial charge in [-0.05, 0) is 42.9 Å². The second-order valence-corrected chi connectivity index (χ2v) is 8.43. The molecular weight excluding hydrogens is 356 g/mol. The molecule has 0 radical (unpaired) electrons. The zero-order valence-electron chi connectivity index (χ0n) is 17.6. The van der Waals surface area contributed by atoms with Gasteiger partial charge < -0.3 is 25.5 Å². The van der Waals surface area contributed by atoms with Crippen molar-refractivity contribution in [3.8, 4) is 11.5 Å². The van der Waals surface area contributed by atoms with Crippen LogP contribution in [0.2, 0.25) is 0 Å². The van der Waals surface area contributed by atoms with Crippen LogP contribution in [-0.2, 0) is 0 Å². The third-order valence-electron chi connectivity index (χ3n) is 5.32. The normalized spacial score (nSPS) is 14.9. The maximum absolute atomic E-state index is 10.8. The van der Waals surface area contributed by atoms with Gasteiger partial charge in [0.05, 0.1) is 12.2 Å². The van der Waals surface area contributed by atoms with Gasteiger partial charge in [0, 0.05) is 18.6 Å². The number of phenolic OH excluding ortho intramolecular Hbond substituents is 2. The summed E-state index contributed by atoms with van der Waals surface area (Å²) in [4.78, 5) is 0. The highest BCUT2D eigenvalue weighted by molar-refractivity contribution is 5.37. The van der Waals surface area contributed by atoms with Crippen LogP contribution in [0.1, 0.15) is 89.7 Å². The quantitative estimate of drug-likeness (QED) is 0.278. The Balaban J connectivity index is 2.48. The maximum atomic E-state index is 10.8. The van der Waals surface area contributed by atoms with Crippen LogP contribution in [-0.4, -0.2) is 38.2 Å². The van der Waals surface area contributed by atoms with Crippen molar-refractivity contribution in [1.82, 2.24) is 0 Å². The summed E-state index contributed by atoms with van der Waals surface area (Å²) >= 11 is 0. The number of benzene rings is 1. The molecule has 0 aliphatic rings. The van der Waals surface area contributed by atoms with Crippen LogP contribution in [0.4, 0.5) is 0 Å². The highest BCUT2D eigenvalue weighted by Crippen LogP contribution is 2.35. The summed E-state index contributed by atoms with van der Waals surface area (Å²) in [5.74, 6) is -0.199. The number of phenols is 2. The van der Waals surface area contributed by atoms with Gasteiger partial charge in [0.1, 0.15) is 11.5 Å². The molecule has 5 nitrogen and oxygen atoms in total. The predicted molar refractivity (Wildman–Crippen MR) is 112 cm³/mol. The molecule has 1 aromatic rings. The maximum Gasteiger partial charge on any atom is 0.119 e. The SMILES string of the molecule is CC(C)C[C@@H]([C@H](O)CCCCCCCCCCO)[C@@H](O)c1cc(O)cc(O)c1. The molecule has 1 aromatic carbocycles. The third-order valence-corrected chi connectivity index (χ3v) is 5.32. The van der Waals surface area contributed by atoms with Crippen molar-refractivity contribution in [2.75, 3.05) is 6.61 Å².